The predicted molar refractivity (Wildman–Crippen MR) is 84.2 cm³/mol. The Labute approximate surface area is 142 Å². The molecule has 2 aliphatic rings. The van der Waals surface area contributed by atoms with Crippen molar-refractivity contribution in [2.75, 3.05) is 11.9 Å². The van der Waals surface area contributed by atoms with E-state index in [0.717, 1.165) is 11.3 Å². The largest absolute Gasteiger partial charge is 0.550 e. The zero-order valence-electron chi connectivity index (χ0n) is 13.3. The summed E-state index contributed by atoms with van der Waals surface area (Å²) in [5, 5.41) is 14.3. The smallest absolute Gasteiger partial charge is 0.350 e. The molecule has 0 aliphatic heterocycles. The van der Waals surface area contributed by atoms with E-state index in [-0.39, 0.29) is 23.6 Å². The fourth-order valence-corrected chi connectivity index (χ4v) is 4.39. The molecule has 1 aromatic heterocycles. The number of carboxylic acids is 1. The number of nitrogens with zero attached hydrogens (tertiary/aromatic N) is 1. The molecule has 1 aromatic rings. The van der Waals surface area contributed by atoms with Gasteiger partial charge >= 0.3 is 5.97 Å². The number of aryl methyl sites for hydroxylation is 1. The lowest BCUT2D eigenvalue weighted by molar-refractivity contribution is -0.313. The van der Waals surface area contributed by atoms with E-state index in [4.69, 9.17) is 4.74 Å². The van der Waals surface area contributed by atoms with Gasteiger partial charge in [0, 0.05) is 11.9 Å². The van der Waals surface area contributed by atoms with E-state index in [0.29, 0.717) is 17.0 Å². The summed E-state index contributed by atoms with van der Waals surface area (Å²) in [5.41, 5.74) is 0.470. The van der Waals surface area contributed by atoms with Crippen LogP contribution >= 0.6 is 11.3 Å². The molecule has 2 bridgehead atoms. The Hall–Kier alpha value is -2.22. The van der Waals surface area contributed by atoms with Gasteiger partial charge in [-0.1, -0.05) is 23.5 Å². The van der Waals surface area contributed by atoms with Gasteiger partial charge in [0.15, 0.2) is 5.13 Å². The second-order valence-corrected chi connectivity index (χ2v) is 6.96. The maximum absolute atomic E-state index is 12.5. The van der Waals surface area contributed by atoms with Crippen molar-refractivity contribution in [1.82, 2.24) is 4.98 Å². The summed E-state index contributed by atoms with van der Waals surface area (Å²) in [4.78, 5) is 40.2. The van der Waals surface area contributed by atoms with Gasteiger partial charge < -0.3 is 20.0 Å². The molecule has 128 valence electrons. The summed E-state index contributed by atoms with van der Waals surface area (Å²) in [6.45, 7) is 3.62. The van der Waals surface area contributed by atoms with Crippen LogP contribution < -0.4 is 10.4 Å². The first-order chi connectivity index (χ1) is 11.4. The summed E-state index contributed by atoms with van der Waals surface area (Å²) in [6.07, 6.45) is 4.40. The molecule has 1 fully saturated rings. The second kappa shape index (κ2) is 6.35. The molecule has 0 saturated heterocycles. The van der Waals surface area contributed by atoms with Gasteiger partial charge in [0.1, 0.15) is 4.88 Å². The molecule has 24 heavy (non-hydrogen) atoms. The molecule has 3 rings (SSSR count). The number of aliphatic carboxylic acids is 1. The van der Waals surface area contributed by atoms with Crippen molar-refractivity contribution >= 4 is 34.3 Å². The fraction of sp³-hybridized carbons (Fsp3) is 0.500. The molecule has 0 unspecified atom stereocenters. The van der Waals surface area contributed by atoms with E-state index >= 15 is 0 Å². The number of rotatable bonds is 5. The van der Waals surface area contributed by atoms with Crippen LogP contribution in [0.1, 0.15) is 28.7 Å². The first-order valence-corrected chi connectivity index (χ1v) is 8.58. The van der Waals surface area contributed by atoms with Crippen molar-refractivity contribution in [3.63, 3.8) is 0 Å². The Kier molecular flexibility index (Phi) is 4.40. The molecule has 1 saturated carbocycles. The highest BCUT2D eigenvalue weighted by atomic mass is 32.1. The summed E-state index contributed by atoms with van der Waals surface area (Å²) in [5.74, 6) is -3.80. The van der Waals surface area contributed by atoms with Crippen molar-refractivity contribution < 1.29 is 24.2 Å². The third-order valence-electron chi connectivity index (χ3n) is 4.52. The molecular formula is C16H17N2O5S-. The van der Waals surface area contributed by atoms with Gasteiger partial charge in [-0.15, -0.1) is 0 Å². The molecule has 1 amide bonds. The summed E-state index contributed by atoms with van der Waals surface area (Å²) in [6, 6.07) is 0. The number of anilines is 1. The second-order valence-electron chi connectivity index (χ2n) is 5.96. The maximum Gasteiger partial charge on any atom is 0.350 e. The number of nitrogens with one attached hydrogen (secondary N) is 1. The molecular weight excluding hydrogens is 332 g/mol. The zero-order chi connectivity index (χ0) is 17.4. The van der Waals surface area contributed by atoms with E-state index in [1.54, 1.807) is 13.8 Å². The van der Waals surface area contributed by atoms with Gasteiger partial charge in [0.2, 0.25) is 5.91 Å². The van der Waals surface area contributed by atoms with Gasteiger partial charge in [-0.3, -0.25) is 4.79 Å². The fourth-order valence-electron chi connectivity index (χ4n) is 3.53. The number of hydrogen-bond acceptors (Lipinski definition) is 7. The Balaban J connectivity index is 1.76. The minimum absolute atomic E-state index is 0.0940. The topological polar surface area (TPSA) is 108 Å². The number of esters is 1. The van der Waals surface area contributed by atoms with Gasteiger partial charge in [-0.25, -0.2) is 9.78 Å². The van der Waals surface area contributed by atoms with E-state index in [1.165, 1.54) is 0 Å². The van der Waals surface area contributed by atoms with Crippen molar-refractivity contribution in [2.45, 2.75) is 20.3 Å². The summed E-state index contributed by atoms with van der Waals surface area (Å²) < 4.78 is 4.94. The molecule has 7 nitrogen and oxygen atoms in total. The van der Waals surface area contributed by atoms with Crippen LogP contribution in [0.2, 0.25) is 0 Å². The molecule has 0 spiro atoms. The number of aromatic nitrogens is 1. The van der Waals surface area contributed by atoms with Gasteiger partial charge in [0.25, 0.3) is 0 Å². The third kappa shape index (κ3) is 2.82. The molecule has 8 heteroatoms. The number of thiazole rings is 1. The van der Waals surface area contributed by atoms with Crippen LogP contribution in [0.3, 0.4) is 0 Å². The molecule has 2 aliphatic carbocycles. The monoisotopic (exact) mass is 349 g/mol. The van der Waals surface area contributed by atoms with Crippen LogP contribution in [-0.4, -0.2) is 29.4 Å². The van der Waals surface area contributed by atoms with Crippen LogP contribution in [0, 0.1) is 30.6 Å². The van der Waals surface area contributed by atoms with E-state index in [9.17, 15) is 19.5 Å². The number of carbonyl (C=O) groups is 3. The molecule has 4 atom stereocenters. The molecule has 0 radical (unpaired) electrons. The first-order valence-electron chi connectivity index (χ1n) is 7.77. The predicted octanol–water partition coefficient (Wildman–Crippen LogP) is 0.755. The number of hydrogen-bond donors (Lipinski definition) is 1. The maximum atomic E-state index is 12.5. The highest BCUT2D eigenvalue weighted by molar-refractivity contribution is 7.17. The van der Waals surface area contributed by atoms with Crippen LogP contribution in [0.5, 0.6) is 0 Å². The standard InChI is InChI=1S/C16H18N2O5S/c1-3-23-15(22)12-7(2)17-16(24-12)18-13(19)10-8-4-5-9(6-8)11(10)14(20)21/h4-5,8-11H,3,6H2,1-2H3,(H,20,21)(H,17,18,19)/p-1/t8-,9-,10-,11-/m0/s1. The quantitative estimate of drug-likeness (QED) is 0.621. The average Bonchev–Trinajstić information content (AvgIpc) is 3.20. The van der Waals surface area contributed by atoms with Gasteiger partial charge in [-0.05, 0) is 32.1 Å². The SMILES string of the molecule is CCOC(=O)c1sc(NC(=O)[C@@H]2[C@@H](C(=O)[O-])[C@H]3C=C[C@H]2C3)nc1C. The van der Waals surface area contributed by atoms with E-state index in [2.05, 4.69) is 10.3 Å². The summed E-state index contributed by atoms with van der Waals surface area (Å²) >= 11 is 1.03. The van der Waals surface area contributed by atoms with Crippen LogP contribution in [-0.2, 0) is 14.3 Å². The lowest BCUT2D eigenvalue weighted by Crippen LogP contribution is -2.42. The number of fused-ring (bicyclic) bond motifs is 2. The molecule has 1 N–H and O–H groups in total. The van der Waals surface area contributed by atoms with Crippen molar-refractivity contribution in [3.8, 4) is 0 Å². The lowest BCUT2D eigenvalue weighted by Gasteiger charge is -2.27. The lowest BCUT2D eigenvalue weighted by atomic mass is 9.82. The molecule has 1 heterocycles. The Morgan fingerprint density at radius 2 is 2.00 bits per heavy atom. The minimum atomic E-state index is -1.20. The van der Waals surface area contributed by atoms with Crippen molar-refractivity contribution in [2.24, 2.45) is 23.7 Å². The number of carbonyl (C=O) groups excluding carboxylic acids is 3. The third-order valence-corrected chi connectivity index (χ3v) is 5.57. The minimum Gasteiger partial charge on any atom is -0.550 e. The summed E-state index contributed by atoms with van der Waals surface area (Å²) in [7, 11) is 0. The first kappa shape index (κ1) is 16.6. The normalized spacial score (nSPS) is 27.2. The highest BCUT2D eigenvalue weighted by Gasteiger charge is 2.48. The number of allylic oxidation sites excluding steroid dienone is 2. The molecule has 0 aromatic carbocycles. The van der Waals surface area contributed by atoms with Crippen LogP contribution in [0.15, 0.2) is 12.2 Å². The Morgan fingerprint density at radius 3 is 2.62 bits per heavy atom. The Bertz CT molecular complexity index is 726. The van der Waals surface area contributed by atoms with Crippen molar-refractivity contribution in [1.29, 1.82) is 0 Å². The zero-order valence-corrected chi connectivity index (χ0v) is 14.1. The van der Waals surface area contributed by atoms with E-state index in [1.807, 2.05) is 12.2 Å². The Morgan fingerprint density at radius 1 is 1.33 bits per heavy atom. The average molecular weight is 349 g/mol. The van der Waals surface area contributed by atoms with E-state index < -0.39 is 29.7 Å². The number of ether oxygens (including phenoxy) is 1. The highest BCUT2D eigenvalue weighted by Crippen LogP contribution is 2.48. The van der Waals surface area contributed by atoms with Crippen molar-refractivity contribution in [3.05, 3.63) is 22.7 Å². The van der Waals surface area contributed by atoms with Gasteiger partial charge in [-0.2, -0.15) is 0 Å². The van der Waals surface area contributed by atoms with Gasteiger partial charge in [0.05, 0.1) is 18.2 Å². The number of carboxylic acid groups (broad SMARTS) is 1. The van der Waals surface area contributed by atoms with Crippen LogP contribution in [0.25, 0.3) is 0 Å². The number of amides is 1. The van der Waals surface area contributed by atoms with Crippen LogP contribution in [0.4, 0.5) is 5.13 Å².